The molecule has 154 valence electrons. The molecule has 3 aromatic rings. The number of hydrogen-bond acceptors (Lipinski definition) is 5. The summed E-state index contributed by atoms with van der Waals surface area (Å²) in [5.41, 5.74) is 6.01. The molecule has 0 atom stereocenters. The standard InChI is InChI=1S/C22H27ClFN5/c1-3-5-11-29(12-6-4-2)28-17-8-10-21-18(13-17)22(26-15-25-21)27-16-7-9-20(24)19(23)14-16/h7-10,13-15,28H,3-6,11-12H2,1-2H3,(H,25,26,27). The Kier molecular flexibility index (Phi) is 7.61. The molecule has 0 aliphatic carbocycles. The number of nitrogens with zero attached hydrogens (tertiary/aromatic N) is 3. The van der Waals surface area contributed by atoms with E-state index in [9.17, 15) is 4.39 Å². The Bertz CT molecular complexity index is 942. The summed E-state index contributed by atoms with van der Waals surface area (Å²) in [5, 5.41) is 6.44. The van der Waals surface area contributed by atoms with Crippen molar-refractivity contribution in [2.24, 2.45) is 0 Å². The van der Waals surface area contributed by atoms with Gasteiger partial charge in [-0.1, -0.05) is 38.3 Å². The SMILES string of the molecule is CCCCN(CCCC)Nc1ccc2ncnc(Nc3ccc(F)c(Cl)c3)c2c1. The quantitative estimate of drug-likeness (QED) is 0.375. The van der Waals surface area contributed by atoms with Crippen LogP contribution in [0.25, 0.3) is 10.9 Å². The highest BCUT2D eigenvalue weighted by Crippen LogP contribution is 2.28. The van der Waals surface area contributed by atoms with Crippen molar-refractivity contribution >= 4 is 39.7 Å². The normalized spacial score (nSPS) is 11.2. The highest BCUT2D eigenvalue weighted by molar-refractivity contribution is 6.31. The average molecular weight is 416 g/mol. The first-order valence-electron chi connectivity index (χ1n) is 10.1. The number of aromatic nitrogens is 2. The van der Waals surface area contributed by atoms with Crippen LogP contribution in [-0.2, 0) is 0 Å². The van der Waals surface area contributed by atoms with E-state index in [1.54, 1.807) is 12.1 Å². The Morgan fingerprint density at radius 3 is 2.38 bits per heavy atom. The first-order valence-corrected chi connectivity index (χ1v) is 10.5. The molecule has 0 bridgehead atoms. The van der Waals surface area contributed by atoms with Gasteiger partial charge in [0.15, 0.2) is 0 Å². The maximum atomic E-state index is 13.4. The number of fused-ring (bicyclic) bond motifs is 1. The van der Waals surface area contributed by atoms with Crippen LogP contribution in [0.4, 0.5) is 21.6 Å². The van der Waals surface area contributed by atoms with Gasteiger partial charge in [0.2, 0.25) is 0 Å². The fourth-order valence-electron chi connectivity index (χ4n) is 3.04. The van der Waals surface area contributed by atoms with Crippen molar-refractivity contribution < 1.29 is 4.39 Å². The maximum Gasteiger partial charge on any atom is 0.141 e. The zero-order valence-electron chi connectivity index (χ0n) is 16.9. The molecule has 1 heterocycles. The largest absolute Gasteiger partial charge is 0.340 e. The van der Waals surface area contributed by atoms with E-state index < -0.39 is 5.82 Å². The summed E-state index contributed by atoms with van der Waals surface area (Å²) < 4.78 is 13.4. The van der Waals surface area contributed by atoms with E-state index in [2.05, 4.69) is 39.6 Å². The third-order valence-corrected chi connectivity index (χ3v) is 4.96. The average Bonchev–Trinajstić information content (AvgIpc) is 2.73. The van der Waals surface area contributed by atoms with Crippen LogP contribution in [0, 0.1) is 5.82 Å². The van der Waals surface area contributed by atoms with E-state index in [0.29, 0.717) is 11.5 Å². The minimum absolute atomic E-state index is 0.0678. The van der Waals surface area contributed by atoms with Crippen LogP contribution < -0.4 is 10.7 Å². The van der Waals surface area contributed by atoms with Gasteiger partial charge in [-0.15, -0.1) is 0 Å². The lowest BCUT2D eigenvalue weighted by Gasteiger charge is -2.24. The predicted molar refractivity (Wildman–Crippen MR) is 119 cm³/mol. The summed E-state index contributed by atoms with van der Waals surface area (Å²) in [6.07, 6.45) is 6.11. The van der Waals surface area contributed by atoms with Gasteiger partial charge in [-0.2, -0.15) is 0 Å². The number of unbranched alkanes of at least 4 members (excludes halogenated alkanes) is 2. The zero-order chi connectivity index (χ0) is 20.6. The lowest BCUT2D eigenvalue weighted by Crippen LogP contribution is -2.32. The van der Waals surface area contributed by atoms with Gasteiger partial charge in [0, 0.05) is 29.9 Å². The maximum absolute atomic E-state index is 13.4. The Balaban J connectivity index is 1.85. The molecule has 0 aliphatic heterocycles. The fraction of sp³-hybridized carbons (Fsp3) is 0.364. The predicted octanol–water partition coefficient (Wildman–Crippen LogP) is 6.40. The number of rotatable bonds is 10. The molecule has 1 aromatic heterocycles. The molecule has 29 heavy (non-hydrogen) atoms. The van der Waals surface area contributed by atoms with E-state index in [1.165, 1.54) is 12.4 Å². The van der Waals surface area contributed by atoms with Gasteiger partial charge in [0.25, 0.3) is 0 Å². The Labute approximate surface area is 176 Å². The second-order valence-corrected chi connectivity index (χ2v) is 7.42. The van der Waals surface area contributed by atoms with Crippen LogP contribution in [0.15, 0.2) is 42.7 Å². The molecule has 0 saturated carbocycles. The number of benzene rings is 2. The van der Waals surface area contributed by atoms with Crippen LogP contribution >= 0.6 is 11.6 Å². The minimum Gasteiger partial charge on any atom is -0.340 e. The van der Waals surface area contributed by atoms with Crippen LogP contribution in [0.2, 0.25) is 5.02 Å². The van der Waals surface area contributed by atoms with Gasteiger partial charge in [-0.25, -0.2) is 19.4 Å². The summed E-state index contributed by atoms with van der Waals surface area (Å²) >= 11 is 5.90. The van der Waals surface area contributed by atoms with Gasteiger partial charge in [-0.3, -0.25) is 0 Å². The molecule has 3 rings (SSSR count). The van der Waals surface area contributed by atoms with E-state index in [-0.39, 0.29) is 5.02 Å². The van der Waals surface area contributed by atoms with Crippen LogP contribution in [0.1, 0.15) is 39.5 Å². The molecule has 2 N–H and O–H groups in total. The van der Waals surface area contributed by atoms with E-state index in [0.717, 1.165) is 55.4 Å². The Morgan fingerprint density at radius 1 is 0.966 bits per heavy atom. The third-order valence-electron chi connectivity index (χ3n) is 4.67. The monoisotopic (exact) mass is 415 g/mol. The Morgan fingerprint density at radius 2 is 1.69 bits per heavy atom. The van der Waals surface area contributed by atoms with E-state index in [4.69, 9.17) is 11.6 Å². The second kappa shape index (κ2) is 10.4. The number of anilines is 3. The van der Waals surface area contributed by atoms with Crippen LogP contribution in [-0.4, -0.2) is 28.1 Å². The van der Waals surface area contributed by atoms with Gasteiger partial charge in [-0.05, 0) is 49.2 Å². The van der Waals surface area contributed by atoms with Crippen molar-refractivity contribution in [2.75, 3.05) is 23.8 Å². The molecule has 5 nitrogen and oxygen atoms in total. The molecule has 0 radical (unpaired) electrons. The molecule has 7 heteroatoms. The lowest BCUT2D eigenvalue weighted by atomic mass is 10.2. The lowest BCUT2D eigenvalue weighted by molar-refractivity contribution is 0.317. The van der Waals surface area contributed by atoms with Crippen molar-refractivity contribution in [3.05, 3.63) is 53.6 Å². The van der Waals surface area contributed by atoms with Crippen molar-refractivity contribution in [3.63, 3.8) is 0 Å². The number of hydrazine groups is 1. The van der Waals surface area contributed by atoms with E-state index >= 15 is 0 Å². The Hall–Kier alpha value is -2.44. The number of hydrogen-bond donors (Lipinski definition) is 2. The summed E-state index contributed by atoms with van der Waals surface area (Å²) in [6.45, 7) is 6.40. The van der Waals surface area contributed by atoms with Crippen molar-refractivity contribution in [1.29, 1.82) is 0 Å². The summed E-state index contributed by atoms with van der Waals surface area (Å²) in [7, 11) is 0. The smallest absolute Gasteiger partial charge is 0.141 e. The molecule has 0 fully saturated rings. The number of nitrogens with one attached hydrogen (secondary N) is 2. The summed E-state index contributed by atoms with van der Waals surface area (Å²) in [5.74, 6) is 0.200. The van der Waals surface area contributed by atoms with Crippen molar-refractivity contribution in [3.8, 4) is 0 Å². The van der Waals surface area contributed by atoms with Gasteiger partial charge in [0.1, 0.15) is 18.0 Å². The minimum atomic E-state index is -0.449. The van der Waals surface area contributed by atoms with Crippen LogP contribution in [0.5, 0.6) is 0 Å². The highest BCUT2D eigenvalue weighted by Gasteiger charge is 2.09. The van der Waals surface area contributed by atoms with Gasteiger partial charge in [0.05, 0.1) is 10.5 Å². The van der Waals surface area contributed by atoms with Gasteiger partial charge < -0.3 is 10.7 Å². The second-order valence-electron chi connectivity index (χ2n) is 7.01. The van der Waals surface area contributed by atoms with Crippen LogP contribution in [0.3, 0.4) is 0 Å². The molecule has 0 unspecified atom stereocenters. The summed E-state index contributed by atoms with van der Waals surface area (Å²) in [4.78, 5) is 8.73. The highest BCUT2D eigenvalue weighted by atomic mass is 35.5. The number of halogens is 2. The van der Waals surface area contributed by atoms with Gasteiger partial charge >= 0.3 is 0 Å². The molecular weight excluding hydrogens is 389 g/mol. The topological polar surface area (TPSA) is 53.1 Å². The molecule has 0 spiro atoms. The summed E-state index contributed by atoms with van der Waals surface area (Å²) in [6, 6.07) is 10.5. The molecule has 0 aliphatic rings. The molecule has 2 aromatic carbocycles. The first kappa shape index (κ1) is 21.3. The first-order chi connectivity index (χ1) is 14.1. The molecule has 0 amide bonds. The van der Waals surface area contributed by atoms with Crippen molar-refractivity contribution in [1.82, 2.24) is 15.0 Å². The molecular formula is C22H27ClFN5. The third kappa shape index (κ3) is 5.78. The molecule has 0 saturated heterocycles. The zero-order valence-corrected chi connectivity index (χ0v) is 17.6. The van der Waals surface area contributed by atoms with Crippen molar-refractivity contribution in [2.45, 2.75) is 39.5 Å². The van der Waals surface area contributed by atoms with E-state index in [1.807, 2.05) is 18.2 Å². The fourth-order valence-corrected chi connectivity index (χ4v) is 3.22.